The fourth-order valence-corrected chi connectivity index (χ4v) is 2.21. The van der Waals surface area contributed by atoms with E-state index in [4.69, 9.17) is 4.74 Å². The average Bonchev–Trinajstić information content (AvgIpc) is 2.88. The topological polar surface area (TPSA) is 79.7 Å². The SMILES string of the molecule is CCOC(=O)C1CCCN1C(=O)c1ccncc1O. The third-order valence-corrected chi connectivity index (χ3v) is 3.10. The van der Waals surface area contributed by atoms with Crippen LogP contribution in [0.5, 0.6) is 5.75 Å². The van der Waals surface area contributed by atoms with Crippen LogP contribution in [0, 0.1) is 0 Å². The van der Waals surface area contributed by atoms with Crippen LogP contribution in [0.25, 0.3) is 0 Å². The van der Waals surface area contributed by atoms with Gasteiger partial charge in [-0.15, -0.1) is 0 Å². The van der Waals surface area contributed by atoms with Crippen LogP contribution in [0.4, 0.5) is 0 Å². The summed E-state index contributed by atoms with van der Waals surface area (Å²) in [6.07, 6.45) is 3.99. The zero-order valence-corrected chi connectivity index (χ0v) is 10.7. The van der Waals surface area contributed by atoms with Crippen molar-refractivity contribution in [1.82, 2.24) is 9.88 Å². The monoisotopic (exact) mass is 264 g/mol. The molecule has 6 nitrogen and oxygen atoms in total. The number of aromatic hydroxyl groups is 1. The number of carbonyl (C=O) groups is 2. The van der Waals surface area contributed by atoms with Gasteiger partial charge in [-0.25, -0.2) is 4.79 Å². The molecular formula is C13H16N2O4. The number of carbonyl (C=O) groups excluding carboxylic acids is 2. The van der Waals surface area contributed by atoms with Gasteiger partial charge in [-0.3, -0.25) is 9.78 Å². The highest BCUT2D eigenvalue weighted by Gasteiger charge is 2.36. The fourth-order valence-electron chi connectivity index (χ4n) is 2.21. The van der Waals surface area contributed by atoms with Gasteiger partial charge in [-0.05, 0) is 25.8 Å². The molecule has 0 aromatic carbocycles. The number of ether oxygens (including phenoxy) is 1. The highest BCUT2D eigenvalue weighted by atomic mass is 16.5. The molecule has 1 fully saturated rings. The summed E-state index contributed by atoms with van der Waals surface area (Å²) in [7, 11) is 0. The van der Waals surface area contributed by atoms with Gasteiger partial charge in [-0.2, -0.15) is 0 Å². The van der Waals surface area contributed by atoms with Gasteiger partial charge in [0.15, 0.2) is 0 Å². The lowest BCUT2D eigenvalue weighted by Gasteiger charge is -2.23. The smallest absolute Gasteiger partial charge is 0.328 e. The van der Waals surface area contributed by atoms with Crippen molar-refractivity contribution in [3.8, 4) is 5.75 Å². The molecule has 1 aliphatic rings. The van der Waals surface area contributed by atoms with Crippen molar-refractivity contribution < 1.29 is 19.4 Å². The molecule has 2 heterocycles. The summed E-state index contributed by atoms with van der Waals surface area (Å²) in [5.41, 5.74) is 0.159. The highest BCUT2D eigenvalue weighted by molar-refractivity contribution is 5.99. The van der Waals surface area contributed by atoms with E-state index < -0.39 is 6.04 Å². The lowest BCUT2D eigenvalue weighted by Crippen LogP contribution is -2.41. The minimum atomic E-state index is -0.556. The molecule has 0 spiro atoms. The number of amides is 1. The van der Waals surface area contributed by atoms with E-state index in [0.717, 1.165) is 6.42 Å². The number of rotatable bonds is 3. The van der Waals surface area contributed by atoms with Gasteiger partial charge < -0.3 is 14.7 Å². The Labute approximate surface area is 111 Å². The van der Waals surface area contributed by atoms with Crippen LogP contribution in [0.3, 0.4) is 0 Å². The molecule has 1 aromatic heterocycles. The van der Waals surface area contributed by atoms with E-state index in [2.05, 4.69) is 4.98 Å². The van der Waals surface area contributed by atoms with E-state index in [9.17, 15) is 14.7 Å². The van der Waals surface area contributed by atoms with Crippen molar-refractivity contribution in [2.45, 2.75) is 25.8 Å². The molecule has 1 N–H and O–H groups in total. The Morgan fingerprint density at radius 3 is 3.05 bits per heavy atom. The lowest BCUT2D eigenvalue weighted by molar-refractivity contribution is -0.147. The van der Waals surface area contributed by atoms with Crippen LogP contribution in [0.15, 0.2) is 18.5 Å². The minimum absolute atomic E-state index is 0.159. The number of esters is 1. The van der Waals surface area contributed by atoms with Gasteiger partial charge in [0.25, 0.3) is 5.91 Å². The Hall–Kier alpha value is -2.11. The quantitative estimate of drug-likeness (QED) is 0.822. The van der Waals surface area contributed by atoms with Gasteiger partial charge >= 0.3 is 5.97 Å². The first-order valence-corrected chi connectivity index (χ1v) is 6.25. The standard InChI is InChI=1S/C13H16N2O4/c1-2-19-13(18)10-4-3-7-15(10)12(17)9-5-6-14-8-11(9)16/h5-6,8,10,16H,2-4,7H2,1H3. The van der Waals surface area contributed by atoms with Crippen molar-refractivity contribution >= 4 is 11.9 Å². The van der Waals surface area contributed by atoms with Crippen molar-refractivity contribution in [3.05, 3.63) is 24.0 Å². The second-order valence-corrected chi connectivity index (χ2v) is 4.30. The molecule has 1 aromatic rings. The van der Waals surface area contributed by atoms with E-state index in [1.165, 1.54) is 23.4 Å². The zero-order chi connectivity index (χ0) is 13.8. The molecular weight excluding hydrogens is 248 g/mol. The van der Waals surface area contributed by atoms with E-state index in [-0.39, 0.29) is 29.8 Å². The molecule has 1 aliphatic heterocycles. The van der Waals surface area contributed by atoms with Crippen molar-refractivity contribution in [2.24, 2.45) is 0 Å². The summed E-state index contributed by atoms with van der Waals surface area (Å²) in [5, 5.41) is 9.64. The first kappa shape index (κ1) is 13.3. The summed E-state index contributed by atoms with van der Waals surface area (Å²) in [5.74, 6) is -0.931. The molecule has 1 unspecified atom stereocenters. The van der Waals surface area contributed by atoms with Crippen molar-refractivity contribution in [2.75, 3.05) is 13.2 Å². The molecule has 0 bridgehead atoms. The van der Waals surface area contributed by atoms with Crippen molar-refractivity contribution in [1.29, 1.82) is 0 Å². The molecule has 0 aliphatic carbocycles. The Balaban J connectivity index is 2.19. The predicted octanol–water partition coefficient (Wildman–Crippen LogP) is 0.955. The Morgan fingerprint density at radius 1 is 1.58 bits per heavy atom. The third kappa shape index (κ3) is 2.67. The van der Waals surface area contributed by atoms with E-state index in [1.54, 1.807) is 6.92 Å². The molecule has 19 heavy (non-hydrogen) atoms. The largest absolute Gasteiger partial charge is 0.505 e. The van der Waals surface area contributed by atoms with Crippen LogP contribution in [0.2, 0.25) is 0 Å². The second-order valence-electron chi connectivity index (χ2n) is 4.30. The van der Waals surface area contributed by atoms with Gasteiger partial charge in [0.05, 0.1) is 18.4 Å². The molecule has 1 amide bonds. The third-order valence-electron chi connectivity index (χ3n) is 3.10. The minimum Gasteiger partial charge on any atom is -0.505 e. The number of nitrogens with zero attached hydrogens (tertiary/aromatic N) is 2. The second kappa shape index (κ2) is 5.69. The molecule has 1 saturated heterocycles. The number of likely N-dealkylation sites (tertiary alicyclic amines) is 1. The summed E-state index contributed by atoms with van der Waals surface area (Å²) in [6, 6.07) is 0.887. The maximum atomic E-state index is 12.3. The number of hydrogen-bond acceptors (Lipinski definition) is 5. The maximum absolute atomic E-state index is 12.3. The fraction of sp³-hybridized carbons (Fsp3) is 0.462. The number of aromatic nitrogens is 1. The molecule has 6 heteroatoms. The van der Waals surface area contributed by atoms with E-state index >= 15 is 0 Å². The van der Waals surface area contributed by atoms with Crippen LogP contribution in [-0.2, 0) is 9.53 Å². The number of hydrogen-bond donors (Lipinski definition) is 1. The van der Waals surface area contributed by atoms with Crippen molar-refractivity contribution in [3.63, 3.8) is 0 Å². The average molecular weight is 264 g/mol. The van der Waals surface area contributed by atoms with Gasteiger partial charge in [0, 0.05) is 12.7 Å². The van der Waals surface area contributed by atoms with Gasteiger partial charge in [-0.1, -0.05) is 0 Å². The first-order chi connectivity index (χ1) is 9.15. The summed E-state index contributed by atoms with van der Waals surface area (Å²) < 4.78 is 4.96. The Bertz CT molecular complexity index is 489. The number of pyridine rings is 1. The Kier molecular flexibility index (Phi) is 3.99. The molecule has 0 radical (unpaired) electrons. The highest BCUT2D eigenvalue weighted by Crippen LogP contribution is 2.24. The molecule has 1 atom stereocenters. The Morgan fingerprint density at radius 2 is 2.37 bits per heavy atom. The van der Waals surface area contributed by atoms with Crippen LogP contribution in [-0.4, -0.2) is 46.1 Å². The predicted molar refractivity (Wildman–Crippen MR) is 66.6 cm³/mol. The first-order valence-electron chi connectivity index (χ1n) is 6.25. The van der Waals surface area contributed by atoms with E-state index in [0.29, 0.717) is 13.0 Å². The summed E-state index contributed by atoms with van der Waals surface area (Å²) in [4.78, 5) is 29.3. The van der Waals surface area contributed by atoms with Gasteiger partial charge in [0.1, 0.15) is 11.8 Å². The van der Waals surface area contributed by atoms with E-state index in [1.807, 2.05) is 0 Å². The van der Waals surface area contributed by atoms with Crippen LogP contribution >= 0.6 is 0 Å². The lowest BCUT2D eigenvalue weighted by atomic mass is 10.2. The maximum Gasteiger partial charge on any atom is 0.328 e. The van der Waals surface area contributed by atoms with Crippen LogP contribution in [0.1, 0.15) is 30.1 Å². The molecule has 0 saturated carbocycles. The summed E-state index contributed by atoms with van der Waals surface area (Å²) in [6.45, 7) is 2.51. The molecule has 102 valence electrons. The van der Waals surface area contributed by atoms with Gasteiger partial charge in [0.2, 0.25) is 0 Å². The zero-order valence-electron chi connectivity index (χ0n) is 10.7. The molecule has 2 rings (SSSR count). The van der Waals surface area contributed by atoms with Crippen LogP contribution < -0.4 is 0 Å². The normalized spacial score (nSPS) is 18.4. The summed E-state index contributed by atoms with van der Waals surface area (Å²) >= 11 is 0.